The van der Waals surface area contributed by atoms with Crippen LogP contribution in [0.25, 0.3) is 0 Å². The third kappa shape index (κ3) is 4.84. The Hall–Kier alpha value is -1.00. The first-order valence-corrected chi connectivity index (χ1v) is 8.49. The fourth-order valence-electron chi connectivity index (χ4n) is 2.08. The van der Waals surface area contributed by atoms with E-state index in [1.807, 2.05) is 55.0 Å². The molecule has 0 aromatic heterocycles. The standard InChI is InChI=1S/C16H26N2OS/c1-13(10-12-20-4)18(3)16(19)15-8-6-5-7-14(15)9-11-17-2/h5-8,13,17H,9-12H2,1-4H3. The molecule has 1 unspecified atom stereocenters. The molecule has 0 bridgehead atoms. The predicted octanol–water partition coefficient (Wildman–Crippen LogP) is 2.66. The van der Waals surface area contributed by atoms with E-state index >= 15 is 0 Å². The van der Waals surface area contributed by atoms with E-state index in [4.69, 9.17) is 0 Å². The molecule has 1 aromatic rings. The third-order valence-corrected chi connectivity index (χ3v) is 4.26. The minimum Gasteiger partial charge on any atom is -0.339 e. The molecule has 0 aliphatic heterocycles. The lowest BCUT2D eigenvalue weighted by Gasteiger charge is -2.26. The third-order valence-electron chi connectivity index (χ3n) is 3.61. The summed E-state index contributed by atoms with van der Waals surface area (Å²) in [5, 5.41) is 3.13. The van der Waals surface area contributed by atoms with Crippen molar-refractivity contribution in [1.82, 2.24) is 10.2 Å². The highest BCUT2D eigenvalue weighted by Gasteiger charge is 2.19. The monoisotopic (exact) mass is 294 g/mol. The number of hydrogen-bond donors (Lipinski definition) is 1. The second kappa shape index (κ2) is 9.03. The van der Waals surface area contributed by atoms with Crippen LogP contribution in [-0.2, 0) is 6.42 Å². The number of rotatable bonds is 8. The zero-order valence-corrected chi connectivity index (χ0v) is 13.8. The molecule has 1 atom stereocenters. The van der Waals surface area contributed by atoms with Crippen molar-refractivity contribution in [2.24, 2.45) is 0 Å². The lowest BCUT2D eigenvalue weighted by atomic mass is 10.0. The van der Waals surface area contributed by atoms with Crippen LogP contribution in [-0.4, -0.2) is 49.5 Å². The highest BCUT2D eigenvalue weighted by molar-refractivity contribution is 7.98. The summed E-state index contributed by atoms with van der Waals surface area (Å²) in [6.45, 7) is 3.00. The van der Waals surface area contributed by atoms with E-state index in [1.54, 1.807) is 0 Å². The van der Waals surface area contributed by atoms with Crippen LogP contribution in [0.2, 0.25) is 0 Å². The zero-order valence-electron chi connectivity index (χ0n) is 13.0. The molecule has 4 heteroatoms. The smallest absolute Gasteiger partial charge is 0.254 e. The molecule has 0 spiro atoms. The molecule has 0 heterocycles. The molecule has 20 heavy (non-hydrogen) atoms. The van der Waals surface area contributed by atoms with Gasteiger partial charge in [-0.3, -0.25) is 4.79 Å². The Morgan fingerprint density at radius 2 is 2.10 bits per heavy atom. The Balaban J connectivity index is 2.80. The summed E-state index contributed by atoms with van der Waals surface area (Å²) in [6.07, 6.45) is 4.01. The first kappa shape index (κ1) is 17.1. The maximum absolute atomic E-state index is 12.6. The van der Waals surface area contributed by atoms with Crippen LogP contribution in [0.5, 0.6) is 0 Å². The topological polar surface area (TPSA) is 32.3 Å². The number of nitrogens with zero attached hydrogens (tertiary/aromatic N) is 1. The highest BCUT2D eigenvalue weighted by Crippen LogP contribution is 2.15. The second-order valence-electron chi connectivity index (χ2n) is 5.06. The average Bonchev–Trinajstić information content (AvgIpc) is 2.49. The van der Waals surface area contributed by atoms with Crippen molar-refractivity contribution >= 4 is 17.7 Å². The van der Waals surface area contributed by atoms with Gasteiger partial charge in [-0.25, -0.2) is 0 Å². The second-order valence-corrected chi connectivity index (χ2v) is 6.04. The number of benzene rings is 1. The van der Waals surface area contributed by atoms with E-state index in [0.717, 1.165) is 36.3 Å². The van der Waals surface area contributed by atoms with E-state index in [-0.39, 0.29) is 11.9 Å². The number of thioether (sulfide) groups is 1. The first-order chi connectivity index (χ1) is 9.61. The van der Waals surface area contributed by atoms with Gasteiger partial charge in [-0.15, -0.1) is 0 Å². The van der Waals surface area contributed by atoms with Gasteiger partial charge >= 0.3 is 0 Å². The van der Waals surface area contributed by atoms with Gasteiger partial charge in [0.1, 0.15) is 0 Å². The fourth-order valence-corrected chi connectivity index (χ4v) is 2.66. The number of hydrogen-bond acceptors (Lipinski definition) is 3. The van der Waals surface area contributed by atoms with Crippen molar-refractivity contribution in [1.29, 1.82) is 0 Å². The number of carbonyl (C=O) groups is 1. The minimum atomic E-state index is 0.130. The molecule has 1 rings (SSSR count). The number of likely N-dealkylation sites (N-methyl/N-ethyl adjacent to an activating group) is 1. The van der Waals surface area contributed by atoms with Crippen molar-refractivity contribution in [2.45, 2.75) is 25.8 Å². The van der Waals surface area contributed by atoms with Crippen molar-refractivity contribution in [3.63, 3.8) is 0 Å². The summed E-state index contributed by atoms with van der Waals surface area (Å²) in [4.78, 5) is 14.5. The Morgan fingerprint density at radius 1 is 1.40 bits per heavy atom. The van der Waals surface area contributed by atoms with Gasteiger partial charge in [-0.05, 0) is 57.0 Å². The SMILES string of the molecule is CNCCc1ccccc1C(=O)N(C)C(C)CCSC. The molecule has 0 saturated carbocycles. The molecule has 1 aromatic carbocycles. The van der Waals surface area contributed by atoms with Crippen LogP contribution in [0, 0.1) is 0 Å². The predicted molar refractivity (Wildman–Crippen MR) is 88.6 cm³/mol. The number of nitrogens with one attached hydrogen (secondary N) is 1. The summed E-state index contributed by atoms with van der Waals surface area (Å²) >= 11 is 1.82. The molecular weight excluding hydrogens is 268 g/mol. The van der Waals surface area contributed by atoms with Gasteiger partial charge in [0.05, 0.1) is 0 Å². The normalized spacial score (nSPS) is 12.2. The van der Waals surface area contributed by atoms with E-state index in [1.165, 1.54) is 0 Å². The van der Waals surface area contributed by atoms with Gasteiger partial charge in [0.15, 0.2) is 0 Å². The summed E-state index contributed by atoms with van der Waals surface area (Å²) in [5.41, 5.74) is 1.96. The summed E-state index contributed by atoms with van der Waals surface area (Å²) < 4.78 is 0. The lowest BCUT2D eigenvalue weighted by molar-refractivity contribution is 0.0740. The number of carbonyl (C=O) groups excluding carboxylic acids is 1. The van der Waals surface area contributed by atoms with Gasteiger partial charge in [0, 0.05) is 18.7 Å². The molecule has 0 fully saturated rings. The van der Waals surface area contributed by atoms with Crippen LogP contribution < -0.4 is 5.32 Å². The fraction of sp³-hybridized carbons (Fsp3) is 0.562. The molecule has 1 N–H and O–H groups in total. The molecular formula is C16H26N2OS. The molecule has 0 aliphatic rings. The molecule has 1 amide bonds. The Morgan fingerprint density at radius 3 is 2.75 bits per heavy atom. The molecule has 112 valence electrons. The first-order valence-electron chi connectivity index (χ1n) is 7.10. The van der Waals surface area contributed by atoms with Crippen LogP contribution in [0.4, 0.5) is 0 Å². The van der Waals surface area contributed by atoms with Gasteiger partial charge < -0.3 is 10.2 Å². The van der Waals surface area contributed by atoms with Crippen molar-refractivity contribution in [3.05, 3.63) is 35.4 Å². The van der Waals surface area contributed by atoms with E-state index < -0.39 is 0 Å². The largest absolute Gasteiger partial charge is 0.339 e. The Kier molecular flexibility index (Phi) is 7.70. The van der Waals surface area contributed by atoms with Crippen LogP contribution in [0.15, 0.2) is 24.3 Å². The maximum Gasteiger partial charge on any atom is 0.254 e. The Bertz CT molecular complexity index is 423. The quantitative estimate of drug-likeness (QED) is 0.800. The molecule has 0 radical (unpaired) electrons. The van der Waals surface area contributed by atoms with Crippen LogP contribution in [0.1, 0.15) is 29.3 Å². The lowest BCUT2D eigenvalue weighted by Crippen LogP contribution is -2.36. The Labute approximate surface area is 127 Å². The minimum absolute atomic E-state index is 0.130. The van der Waals surface area contributed by atoms with Gasteiger partial charge in [0.2, 0.25) is 0 Å². The average molecular weight is 294 g/mol. The molecule has 3 nitrogen and oxygen atoms in total. The van der Waals surface area contributed by atoms with Gasteiger partial charge in [0.25, 0.3) is 5.91 Å². The summed E-state index contributed by atoms with van der Waals surface area (Å²) in [5.74, 6) is 1.21. The van der Waals surface area contributed by atoms with Gasteiger partial charge in [-0.2, -0.15) is 11.8 Å². The maximum atomic E-state index is 12.6. The molecule has 0 saturated heterocycles. The van der Waals surface area contributed by atoms with E-state index in [0.29, 0.717) is 0 Å². The summed E-state index contributed by atoms with van der Waals surface area (Å²) in [7, 11) is 3.84. The van der Waals surface area contributed by atoms with Gasteiger partial charge in [-0.1, -0.05) is 18.2 Å². The van der Waals surface area contributed by atoms with Crippen LogP contribution >= 0.6 is 11.8 Å². The van der Waals surface area contributed by atoms with Crippen molar-refractivity contribution < 1.29 is 4.79 Å². The summed E-state index contributed by atoms with van der Waals surface area (Å²) in [6, 6.07) is 8.19. The molecule has 0 aliphatic carbocycles. The van der Waals surface area contributed by atoms with Crippen LogP contribution in [0.3, 0.4) is 0 Å². The zero-order chi connectivity index (χ0) is 15.0. The highest BCUT2D eigenvalue weighted by atomic mass is 32.2. The number of amides is 1. The van der Waals surface area contributed by atoms with E-state index in [2.05, 4.69) is 18.5 Å². The van der Waals surface area contributed by atoms with E-state index in [9.17, 15) is 4.79 Å². The van der Waals surface area contributed by atoms with Crippen molar-refractivity contribution in [2.75, 3.05) is 32.6 Å². The van der Waals surface area contributed by atoms with Crippen molar-refractivity contribution in [3.8, 4) is 0 Å².